The summed E-state index contributed by atoms with van der Waals surface area (Å²) in [6, 6.07) is 1.03. The second-order valence-electron chi connectivity index (χ2n) is 3.46. The second kappa shape index (κ2) is 5.43. The van der Waals surface area contributed by atoms with E-state index in [4.69, 9.17) is 16.7 Å². The highest BCUT2D eigenvalue weighted by Crippen LogP contribution is 2.24. The third-order valence-corrected chi connectivity index (χ3v) is 2.45. The summed E-state index contributed by atoms with van der Waals surface area (Å²) in [5, 5.41) is 8.71. The van der Waals surface area contributed by atoms with Crippen LogP contribution in [0.3, 0.4) is 0 Å². The molecule has 0 unspecified atom stereocenters. The van der Waals surface area contributed by atoms with Gasteiger partial charge in [0.05, 0.1) is 10.6 Å². The van der Waals surface area contributed by atoms with Gasteiger partial charge in [-0.05, 0) is 13.0 Å². The molecule has 0 atom stereocenters. The van der Waals surface area contributed by atoms with Gasteiger partial charge in [-0.25, -0.2) is 9.78 Å². The summed E-state index contributed by atoms with van der Waals surface area (Å²) in [7, 11) is 0. The smallest absolute Gasteiger partial charge is 0.405 e. The zero-order valence-electron chi connectivity index (χ0n) is 9.33. The lowest BCUT2D eigenvalue weighted by atomic mass is 10.2. The summed E-state index contributed by atoms with van der Waals surface area (Å²) >= 11 is 5.59. The molecular formula is C10H10ClF3N2O2. The SMILES string of the molecule is CCN(CC(F)(F)F)c1cc(C(=O)O)c(Cl)cn1. The van der Waals surface area contributed by atoms with Crippen LogP contribution in [0.2, 0.25) is 5.02 Å². The molecule has 0 radical (unpaired) electrons. The van der Waals surface area contributed by atoms with E-state index >= 15 is 0 Å². The van der Waals surface area contributed by atoms with E-state index in [2.05, 4.69) is 4.98 Å². The molecule has 0 saturated heterocycles. The van der Waals surface area contributed by atoms with Crippen molar-refractivity contribution in [3.63, 3.8) is 0 Å². The maximum Gasteiger partial charge on any atom is 0.405 e. The lowest BCUT2D eigenvalue weighted by Crippen LogP contribution is -2.34. The maximum atomic E-state index is 12.3. The van der Waals surface area contributed by atoms with Gasteiger partial charge in [0.15, 0.2) is 0 Å². The van der Waals surface area contributed by atoms with Crippen molar-refractivity contribution >= 4 is 23.4 Å². The molecule has 0 aliphatic rings. The van der Waals surface area contributed by atoms with Gasteiger partial charge in [-0.3, -0.25) is 0 Å². The Balaban J connectivity index is 3.07. The number of carbonyl (C=O) groups is 1. The Kier molecular flexibility index (Phi) is 4.39. The van der Waals surface area contributed by atoms with Gasteiger partial charge in [-0.1, -0.05) is 11.6 Å². The molecular weight excluding hydrogens is 273 g/mol. The summed E-state index contributed by atoms with van der Waals surface area (Å²) in [4.78, 5) is 15.4. The van der Waals surface area contributed by atoms with E-state index in [1.54, 1.807) is 0 Å². The van der Waals surface area contributed by atoms with Crippen LogP contribution >= 0.6 is 11.6 Å². The quantitative estimate of drug-likeness (QED) is 0.922. The van der Waals surface area contributed by atoms with Gasteiger partial charge in [-0.2, -0.15) is 13.2 Å². The van der Waals surface area contributed by atoms with Crippen molar-refractivity contribution in [1.29, 1.82) is 0 Å². The largest absolute Gasteiger partial charge is 0.478 e. The number of aromatic nitrogens is 1. The predicted octanol–water partition coefficient (Wildman–Crippen LogP) is 2.82. The lowest BCUT2D eigenvalue weighted by molar-refractivity contribution is -0.119. The molecule has 0 fully saturated rings. The number of nitrogens with zero attached hydrogens (tertiary/aromatic N) is 2. The van der Waals surface area contributed by atoms with E-state index in [1.807, 2.05) is 0 Å². The number of aromatic carboxylic acids is 1. The Labute approximate surface area is 106 Å². The molecule has 1 N–H and O–H groups in total. The number of carboxylic acids is 1. The van der Waals surface area contributed by atoms with Crippen LogP contribution in [0.1, 0.15) is 17.3 Å². The summed E-state index contributed by atoms with van der Waals surface area (Å²) in [5.41, 5.74) is -0.276. The number of anilines is 1. The van der Waals surface area contributed by atoms with Crippen LogP contribution in [0.15, 0.2) is 12.3 Å². The van der Waals surface area contributed by atoms with Gasteiger partial charge in [0.1, 0.15) is 12.4 Å². The van der Waals surface area contributed by atoms with E-state index in [0.29, 0.717) is 0 Å². The highest BCUT2D eigenvalue weighted by molar-refractivity contribution is 6.33. The fraction of sp³-hybridized carbons (Fsp3) is 0.400. The van der Waals surface area contributed by atoms with Crippen LogP contribution in [0.4, 0.5) is 19.0 Å². The molecule has 1 aromatic heterocycles. The molecule has 0 spiro atoms. The second-order valence-corrected chi connectivity index (χ2v) is 3.86. The monoisotopic (exact) mass is 282 g/mol. The average Bonchev–Trinajstić information content (AvgIpc) is 2.25. The number of carboxylic acid groups (broad SMARTS) is 1. The van der Waals surface area contributed by atoms with E-state index in [0.717, 1.165) is 17.2 Å². The van der Waals surface area contributed by atoms with E-state index in [9.17, 15) is 18.0 Å². The molecule has 1 heterocycles. The van der Waals surface area contributed by atoms with Gasteiger partial charge in [-0.15, -0.1) is 0 Å². The Hall–Kier alpha value is -1.50. The lowest BCUT2D eigenvalue weighted by Gasteiger charge is -2.23. The van der Waals surface area contributed by atoms with Crippen molar-refractivity contribution in [2.45, 2.75) is 13.1 Å². The highest BCUT2D eigenvalue weighted by atomic mass is 35.5. The fourth-order valence-electron chi connectivity index (χ4n) is 1.34. The number of hydrogen-bond donors (Lipinski definition) is 1. The third-order valence-electron chi connectivity index (χ3n) is 2.15. The van der Waals surface area contributed by atoms with Crippen molar-refractivity contribution in [1.82, 2.24) is 4.98 Å². The predicted molar refractivity (Wildman–Crippen MR) is 60.1 cm³/mol. The first-order valence-corrected chi connectivity index (χ1v) is 5.33. The zero-order chi connectivity index (χ0) is 13.9. The molecule has 0 aliphatic carbocycles. The molecule has 8 heteroatoms. The van der Waals surface area contributed by atoms with Crippen LogP contribution in [0.25, 0.3) is 0 Å². The Morgan fingerprint density at radius 2 is 2.17 bits per heavy atom. The normalized spacial score (nSPS) is 11.4. The Morgan fingerprint density at radius 3 is 2.61 bits per heavy atom. The molecule has 1 rings (SSSR count). The van der Waals surface area contributed by atoms with Gasteiger partial charge in [0, 0.05) is 12.7 Å². The molecule has 0 aliphatic heterocycles. The molecule has 0 saturated carbocycles. The molecule has 0 bridgehead atoms. The van der Waals surface area contributed by atoms with Crippen molar-refractivity contribution in [2.24, 2.45) is 0 Å². The van der Waals surface area contributed by atoms with E-state index in [1.165, 1.54) is 6.92 Å². The standard InChI is InChI=1S/C10H10ClF3N2O2/c1-2-16(5-10(12,13)14)8-3-6(9(17)18)7(11)4-15-8/h3-4H,2,5H2,1H3,(H,17,18). The van der Waals surface area contributed by atoms with E-state index < -0.39 is 18.7 Å². The van der Waals surface area contributed by atoms with Gasteiger partial charge >= 0.3 is 12.1 Å². The minimum Gasteiger partial charge on any atom is -0.478 e. The van der Waals surface area contributed by atoms with Gasteiger partial charge in [0.2, 0.25) is 0 Å². The first-order chi connectivity index (χ1) is 8.24. The van der Waals surface area contributed by atoms with Crippen LogP contribution in [0, 0.1) is 0 Å². The van der Waals surface area contributed by atoms with Crippen molar-refractivity contribution in [2.75, 3.05) is 18.0 Å². The highest BCUT2D eigenvalue weighted by Gasteiger charge is 2.31. The van der Waals surface area contributed by atoms with Crippen LogP contribution in [-0.2, 0) is 0 Å². The number of halogens is 4. The third kappa shape index (κ3) is 3.76. The molecule has 0 aromatic carbocycles. The summed E-state index contributed by atoms with van der Waals surface area (Å²) in [6.45, 7) is 0.368. The minimum absolute atomic E-state index is 0.0488. The van der Waals surface area contributed by atoms with Crippen molar-refractivity contribution in [3.8, 4) is 0 Å². The van der Waals surface area contributed by atoms with Crippen molar-refractivity contribution in [3.05, 3.63) is 22.8 Å². The molecule has 4 nitrogen and oxygen atoms in total. The first kappa shape index (κ1) is 14.6. The molecule has 18 heavy (non-hydrogen) atoms. The maximum absolute atomic E-state index is 12.3. The number of rotatable bonds is 4. The first-order valence-electron chi connectivity index (χ1n) is 4.95. The zero-order valence-corrected chi connectivity index (χ0v) is 10.1. The Bertz CT molecular complexity index is 451. The average molecular weight is 283 g/mol. The summed E-state index contributed by atoms with van der Waals surface area (Å²) in [5.74, 6) is -1.39. The van der Waals surface area contributed by atoms with Gasteiger partial charge < -0.3 is 10.0 Å². The van der Waals surface area contributed by atoms with Crippen LogP contribution in [0.5, 0.6) is 0 Å². The van der Waals surface area contributed by atoms with E-state index in [-0.39, 0.29) is 22.9 Å². The summed E-state index contributed by atoms with van der Waals surface area (Å²) < 4.78 is 36.9. The molecule has 0 amide bonds. The topological polar surface area (TPSA) is 53.4 Å². The van der Waals surface area contributed by atoms with Crippen molar-refractivity contribution < 1.29 is 23.1 Å². The Morgan fingerprint density at radius 1 is 1.56 bits per heavy atom. The number of pyridine rings is 1. The van der Waals surface area contributed by atoms with Crippen LogP contribution in [-0.4, -0.2) is 35.3 Å². The number of alkyl halides is 3. The molecule has 1 aromatic rings. The molecule has 100 valence electrons. The van der Waals surface area contributed by atoms with Crippen LogP contribution < -0.4 is 4.90 Å². The minimum atomic E-state index is -4.39. The summed E-state index contributed by atoms with van der Waals surface area (Å²) in [6.07, 6.45) is -3.36. The fourth-order valence-corrected chi connectivity index (χ4v) is 1.52. The van der Waals surface area contributed by atoms with Gasteiger partial charge in [0.25, 0.3) is 0 Å². The number of hydrogen-bond acceptors (Lipinski definition) is 3.